The Morgan fingerprint density at radius 1 is 1.10 bits per heavy atom. The van der Waals surface area contributed by atoms with Gasteiger partial charge in [0.2, 0.25) is 0 Å². The highest BCUT2D eigenvalue weighted by atomic mass is 16.3. The van der Waals surface area contributed by atoms with Gasteiger partial charge < -0.3 is 15.1 Å². The number of hydrogen-bond donors (Lipinski definition) is 2. The minimum Gasteiger partial charge on any atom is -0.396 e. The van der Waals surface area contributed by atoms with E-state index >= 15 is 0 Å². The van der Waals surface area contributed by atoms with Crippen molar-refractivity contribution in [1.29, 1.82) is 0 Å². The number of nitrogens with zero attached hydrogens (tertiary/aromatic N) is 1. The summed E-state index contributed by atoms with van der Waals surface area (Å²) in [6.45, 7) is 0.956. The van der Waals surface area contributed by atoms with Gasteiger partial charge >= 0.3 is 0 Å². The topological polar surface area (TPSA) is 60.8 Å². The molecule has 0 saturated heterocycles. The molecule has 2 N–H and O–H groups in total. The minimum atomic E-state index is -0.00568. The quantitative estimate of drug-likeness (QED) is 0.593. The number of amides is 1. The Kier molecular flexibility index (Phi) is 8.18. The highest BCUT2D eigenvalue weighted by Crippen LogP contribution is 2.07. The molecule has 0 bridgehead atoms. The van der Waals surface area contributed by atoms with E-state index in [1.165, 1.54) is 0 Å². The molecule has 0 aromatic heterocycles. The molecular weight excluding hydrogens is 266 g/mol. The second-order valence-electron chi connectivity index (χ2n) is 4.86. The van der Waals surface area contributed by atoms with E-state index in [2.05, 4.69) is 11.8 Å². The molecule has 21 heavy (non-hydrogen) atoms. The molecule has 1 aromatic rings. The molecule has 1 rings (SSSR count). The SMILES string of the molecule is CN(CCCCCO)C(=O)c1ccc(C#CCCO)cc1. The molecule has 0 aliphatic heterocycles. The van der Waals surface area contributed by atoms with Crippen LogP contribution < -0.4 is 0 Å². The van der Waals surface area contributed by atoms with Gasteiger partial charge in [-0.25, -0.2) is 0 Å². The minimum absolute atomic E-state index is 0.00568. The number of carbonyl (C=O) groups is 1. The highest BCUT2D eigenvalue weighted by molar-refractivity contribution is 5.94. The van der Waals surface area contributed by atoms with Gasteiger partial charge in [0.1, 0.15) is 0 Å². The zero-order valence-corrected chi connectivity index (χ0v) is 12.5. The largest absolute Gasteiger partial charge is 0.396 e. The lowest BCUT2D eigenvalue weighted by Gasteiger charge is -2.17. The maximum Gasteiger partial charge on any atom is 0.253 e. The van der Waals surface area contributed by atoms with Crippen molar-refractivity contribution in [1.82, 2.24) is 4.90 Å². The third kappa shape index (κ3) is 6.44. The number of aliphatic hydroxyl groups is 2. The molecule has 0 aliphatic rings. The third-order valence-electron chi connectivity index (χ3n) is 3.10. The van der Waals surface area contributed by atoms with Gasteiger partial charge in [0.05, 0.1) is 6.61 Å². The van der Waals surface area contributed by atoms with Crippen LogP contribution in [-0.2, 0) is 0 Å². The lowest BCUT2D eigenvalue weighted by molar-refractivity contribution is 0.0792. The van der Waals surface area contributed by atoms with Gasteiger partial charge in [0.15, 0.2) is 0 Å². The molecule has 0 atom stereocenters. The standard InChI is InChI=1S/C17H23NO3/c1-18(12-4-2-5-13-19)17(21)16-10-8-15(9-11-16)7-3-6-14-20/h8-11,19-20H,2,4-6,12-14H2,1H3. The van der Waals surface area contributed by atoms with Crippen LogP contribution in [0, 0.1) is 11.8 Å². The molecule has 0 aliphatic carbocycles. The molecular formula is C17H23NO3. The number of unbranched alkanes of at least 4 members (excludes halogenated alkanes) is 2. The average molecular weight is 289 g/mol. The molecule has 0 heterocycles. The zero-order chi connectivity index (χ0) is 15.5. The first-order chi connectivity index (χ1) is 10.2. The van der Waals surface area contributed by atoms with E-state index in [9.17, 15) is 4.79 Å². The molecule has 4 heteroatoms. The summed E-state index contributed by atoms with van der Waals surface area (Å²) in [5.74, 6) is 5.77. The Labute approximate surface area is 126 Å². The average Bonchev–Trinajstić information content (AvgIpc) is 2.51. The first-order valence-corrected chi connectivity index (χ1v) is 7.25. The number of carbonyl (C=O) groups excluding carboxylic acids is 1. The number of aliphatic hydroxyl groups excluding tert-OH is 2. The zero-order valence-electron chi connectivity index (χ0n) is 12.5. The van der Waals surface area contributed by atoms with E-state index in [0.717, 1.165) is 24.8 Å². The van der Waals surface area contributed by atoms with Gasteiger partial charge in [-0.3, -0.25) is 4.79 Å². The van der Waals surface area contributed by atoms with Crippen molar-refractivity contribution in [2.45, 2.75) is 25.7 Å². The maximum absolute atomic E-state index is 12.2. The van der Waals surface area contributed by atoms with Gasteiger partial charge in [-0.2, -0.15) is 0 Å². The van der Waals surface area contributed by atoms with Crippen LogP contribution >= 0.6 is 0 Å². The predicted octanol–water partition coefficient (Wildman–Crippen LogP) is 1.66. The Balaban J connectivity index is 2.52. The van der Waals surface area contributed by atoms with Crippen LogP contribution in [0.25, 0.3) is 0 Å². The summed E-state index contributed by atoms with van der Waals surface area (Å²) in [4.78, 5) is 13.9. The molecule has 0 spiro atoms. The van der Waals surface area contributed by atoms with E-state index < -0.39 is 0 Å². The normalized spacial score (nSPS) is 9.86. The van der Waals surface area contributed by atoms with Crippen LogP contribution in [0.3, 0.4) is 0 Å². The van der Waals surface area contributed by atoms with Crippen LogP contribution in [0.1, 0.15) is 41.6 Å². The second kappa shape index (κ2) is 9.98. The van der Waals surface area contributed by atoms with Gasteiger partial charge in [-0.15, -0.1) is 0 Å². The fourth-order valence-corrected chi connectivity index (χ4v) is 1.88. The van der Waals surface area contributed by atoms with Crippen LogP contribution in [0.15, 0.2) is 24.3 Å². The van der Waals surface area contributed by atoms with Crippen LogP contribution in [0.2, 0.25) is 0 Å². The Hall–Kier alpha value is -1.83. The van der Waals surface area contributed by atoms with Gasteiger partial charge in [-0.1, -0.05) is 11.8 Å². The summed E-state index contributed by atoms with van der Waals surface area (Å²) in [6.07, 6.45) is 3.06. The lowest BCUT2D eigenvalue weighted by atomic mass is 10.1. The first kappa shape index (κ1) is 17.2. The van der Waals surface area contributed by atoms with Gasteiger partial charge in [0.25, 0.3) is 5.91 Å². The highest BCUT2D eigenvalue weighted by Gasteiger charge is 2.10. The summed E-state index contributed by atoms with van der Waals surface area (Å²) in [5, 5.41) is 17.4. The number of benzene rings is 1. The van der Waals surface area contributed by atoms with Crippen molar-refractivity contribution in [3.63, 3.8) is 0 Å². The first-order valence-electron chi connectivity index (χ1n) is 7.25. The van der Waals surface area contributed by atoms with Crippen LogP contribution in [-0.4, -0.2) is 47.8 Å². The monoisotopic (exact) mass is 289 g/mol. The summed E-state index contributed by atoms with van der Waals surface area (Å²) >= 11 is 0. The van der Waals surface area contributed by atoms with E-state index in [-0.39, 0.29) is 19.1 Å². The number of hydrogen-bond acceptors (Lipinski definition) is 3. The van der Waals surface area contributed by atoms with E-state index in [4.69, 9.17) is 10.2 Å². The van der Waals surface area contributed by atoms with E-state index in [0.29, 0.717) is 18.5 Å². The smallest absolute Gasteiger partial charge is 0.253 e. The maximum atomic E-state index is 12.2. The molecule has 114 valence electrons. The Bertz CT molecular complexity index is 485. The van der Waals surface area contributed by atoms with Gasteiger partial charge in [0, 0.05) is 37.7 Å². The van der Waals surface area contributed by atoms with Crippen molar-refractivity contribution in [3.8, 4) is 11.8 Å². The predicted molar refractivity (Wildman–Crippen MR) is 82.9 cm³/mol. The van der Waals surface area contributed by atoms with Crippen LogP contribution in [0.4, 0.5) is 0 Å². The molecule has 4 nitrogen and oxygen atoms in total. The summed E-state index contributed by atoms with van der Waals surface area (Å²) in [6, 6.07) is 7.18. The molecule has 1 amide bonds. The van der Waals surface area contributed by atoms with Crippen molar-refractivity contribution in [2.75, 3.05) is 26.8 Å². The fraction of sp³-hybridized carbons (Fsp3) is 0.471. The lowest BCUT2D eigenvalue weighted by Crippen LogP contribution is -2.27. The fourth-order valence-electron chi connectivity index (χ4n) is 1.88. The van der Waals surface area contributed by atoms with Crippen molar-refractivity contribution < 1.29 is 15.0 Å². The Morgan fingerprint density at radius 3 is 2.43 bits per heavy atom. The van der Waals surface area contributed by atoms with Crippen molar-refractivity contribution >= 4 is 5.91 Å². The summed E-state index contributed by atoms with van der Waals surface area (Å²) in [5.41, 5.74) is 1.48. The second-order valence-corrected chi connectivity index (χ2v) is 4.86. The summed E-state index contributed by atoms with van der Waals surface area (Å²) in [7, 11) is 1.79. The van der Waals surface area contributed by atoms with Crippen molar-refractivity contribution in [2.24, 2.45) is 0 Å². The molecule has 0 unspecified atom stereocenters. The van der Waals surface area contributed by atoms with Crippen molar-refractivity contribution in [3.05, 3.63) is 35.4 Å². The molecule has 0 fully saturated rings. The molecule has 0 radical (unpaired) electrons. The molecule has 1 aromatic carbocycles. The summed E-state index contributed by atoms with van der Waals surface area (Å²) < 4.78 is 0. The Morgan fingerprint density at radius 2 is 1.81 bits per heavy atom. The van der Waals surface area contributed by atoms with Gasteiger partial charge in [-0.05, 0) is 43.5 Å². The van der Waals surface area contributed by atoms with E-state index in [1.54, 1.807) is 24.1 Å². The van der Waals surface area contributed by atoms with E-state index in [1.807, 2.05) is 12.1 Å². The number of rotatable bonds is 7. The molecule has 0 saturated carbocycles. The third-order valence-corrected chi connectivity index (χ3v) is 3.10. The van der Waals surface area contributed by atoms with Crippen LogP contribution in [0.5, 0.6) is 0 Å².